The smallest absolute Gasteiger partial charge is 0.551 e. The fourth-order valence-corrected chi connectivity index (χ4v) is 0. The minimum atomic E-state index is -3.92. The Balaban J connectivity index is 0. The van der Waals surface area contributed by atoms with Crippen molar-refractivity contribution < 1.29 is 38.0 Å². The van der Waals surface area contributed by atoms with E-state index in [1.54, 1.807) is 0 Å². The van der Waals surface area contributed by atoms with E-state index in [-0.39, 0.29) is 29.6 Å². The van der Waals surface area contributed by atoms with Crippen LogP contribution < -0.4 is 34.7 Å². The first-order chi connectivity index (χ1) is 2.00. The molecule has 0 aromatic rings. The van der Waals surface area contributed by atoms with Crippen LogP contribution in [0.3, 0.4) is 0 Å². The Hall–Kier alpha value is 0.870. The molecular weight excluding hydrogens is 115 g/mol. The van der Waals surface area contributed by atoms with Gasteiger partial charge in [-0.3, -0.25) is 0 Å². The number of hydrogen-bond acceptors (Lipinski definition) is 2. The summed E-state index contributed by atoms with van der Waals surface area (Å²) in [5.74, 6) is 0. The van der Waals surface area contributed by atoms with Gasteiger partial charge >= 0.3 is 29.6 Å². The summed E-state index contributed by atoms with van der Waals surface area (Å²) >= 11 is 0. The molecule has 0 radical (unpaired) electrons. The summed E-state index contributed by atoms with van der Waals surface area (Å²) in [6.45, 7) is 0. The van der Waals surface area contributed by atoms with Gasteiger partial charge in [-0.25, -0.2) is 13.6 Å². The zero-order valence-corrected chi connectivity index (χ0v) is 6.12. The first-order valence-corrected chi connectivity index (χ1v) is 2.32. The van der Waals surface area contributed by atoms with Gasteiger partial charge in [0.05, 0.1) is 0 Å². The van der Waals surface area contributed by atoms with Gasteiger partial charge in [0.15, 0.2) is 0 Å². The molecule has 0 spiro atoms. The number of rotatable bonds is 0. The molecule has 0 aromatic carbocycles. The standard InChI is InChI=1S/H3N2O2S.Na/c1-5(2,3)4;/h(H3-,1,2,3,4);/q-1;+1. The van der Waals surface area contributed by atoms with Crippen molar-refractivity contribution in [3.05, 3.63) is 5.14 Å². The maximum atomic E-state index is 9.08. The summed E-state index contributed by atoms with van der Waals surface area (Å²) in [4.78, 5) is 0. The summed E-state index contributed by atoms with van der Waals surface area (Å²) in [7, 11) is -3.92. The second-order valence-electron chi connectivity index (χ2n) is 0.545. The number of hydrogen-bond donors (Lipinski definition) is 1. The zero-order chi connectivity index (χ0) is 4.50. The fourth-order valence-electron chi connectivity index (χ4n) is 0. The van der Waals surface area contributed by atoms with Crippen LogP contribution in [0.1, 0.15) is 0 Å². The third-order valence-electron chi connectivity index (χ3n) is 0. The Morgan fingerprint density at radius 2 is 1.50 bits per heavy atom. The van der Waals surface area contributed by atoms with Crippen LogP contribution in [-0.4, -0.2) is 8.42 Å². The first kappa shape index (κ1) is 9.98. The van der Waals surface area contributed by atoms with E-state index in [4.69, 9.17) is 13.6 Å². The van der Waals surface area contributed by atoms with Crippen molar-refractivity contribution in [3.63, 3.8) is 0 Å². The molecule has 0 saturated heterocycles. The van der Waals surface area contributed by atoms with E-state index in [9.17, 15) is 0 Å². The van der Waals surface area contributed by atoms with Gasteiger partial charge in [0, 0.05) is 0 Å². The maximum Gasteiger partial charge on any atom is 1.00 e. The predicted molar refractivity (Wildman–Crippen MR) is 17.4 cm³/mol. The molecule has 0 fully saturated rings. The topological polar surface area (TPSA) is 84.0 Å². The van der Waals surface area contributed by atoms with E-state index in [1.807, 2.05) is 0 Å². The van der Waals surface area contributed by atoms with Crippen LogP contribution in [0.4, 0.5) is 0 Å². The predicted octanol–water partition coefficient (Wildman–Crippen LogP) is -3.75. The summed E-state index contributed by atoms with van der Waals surface area (Å²) < 4.78 is 18.2. The second kappa shape index (κ2) is 2.95. The summed E-state index contributed by atoms with van der Waals surface area (Å²) in [6.07, 6.45) is 0. The molecule has 0 aliphatic rings. The molecule has 0 rings (SSSR count). The van der Waals surface area contributed by atoms with E-state index in [2.05, 4.69) is 5.14 Å². The monoisotopic (exact) mass is 118 g/mol. The third kappa shape index (κ3) is 96.4. The van der Waals surface area contributed by atoms with Crippen LogP contribution in [0.2, 0.25) is 0 Å². The average molecular weight is 118 g/mol. The molecule has 3 N–H and O–H groups in total. The molecule has 0 atom stereocenters. The van der Waals surface area contributed by atoms with Crippen molar-refractivity contribution in [1.82, 2.24) is 0 Å². The van der Waals surface area contributed by atoms with E-state index in [1.165, 1.54) is 0 Å². The molecule has 6 heteroatoms. The van der Waals surface area contributed by atoms with Crippen LogP contribution in [0, 0.1) is 0 Å². The SMILES string of the molecule is [NH-]S(N)(=O)=O.[Na+]. The molecule has 0 saturated carbocycles. The number of nitrogens with one attached hydrogen (secondary N) is 1. The molecule has 0 unspecified atom stereocenters. The largest absolute Gasteiger partial charge is 1.00 e. The van der Waals surface area contributed by atoms with Crippen LogP contribution in [0.15, 0.2) is 0 Å². The van der Waals surface area contributed by atoms with Crippen molar-refractivity contribution in [1.29, 1.82) is 0 Å². The van der Waals surface area contributed by atoms with Gasteiger partial charge in [0.2, 0.25) is 0 Å². The summed E-state index contributed by atoms with van der Waals surface area (Å²) in [6, 6.07) is 0. The van der Waals surface area contributed by atoms with E-state index in [0.29, 0.717) is 0 Å². The molecule has 6 heavy (non-hydrogen) atoms. The van der Waals surface area contributed by atoms with Gasteiger partial charge in [0.1, 0.15) is 10.2 Å². The molecule has 0 bridgehead atoms. The Morgan fingerprint density at radius 3 is 1.50 bits per heavy atom. The minimum Gasteiger partial charge on any atom is -0.551 e. The van der Waals surface area contributed by atoms with Gasteiger partial charge in [-0.15, -0.1) is 0 Å². The number of nitrogens with two attached hydrogens (primary N) is 1. The Labute approximate surface area is 58.4 Å². The van der Waals surface area contributed by atoms with Gasteiger partial charge in [-0.2, -0.15) is 0 Å². The molecule has 0 aliphatic carbocycles. The third-order valence-corrected chi connectivity index (χ3v) is 0. The molecule has 32 valence electrons. The minimum absolute atomic E-state index is 0. The van der Waals surface area contributed by atoms with Gasteiger partial charge in [-0.1, -0.05) is 0 Å². The average Bonchev–Trinajstić information content (AvgIpc) is 0.722. The Bertz CT molecular complexity index is 94.7. The van der Waals surface area contributed by atoms with Crippen LogP contribution in [0.25, 0.3) is 5.14 Å². The van der Waals surface area contributed by atoms with Crippen molar-refractivity contribution in [2.45, 2.75) is 0 Å². The van der Waals surface area contributed by atoms with E-state index >= 15 is 0 Å². The fraction of sp³-hybridized carbons (Fsp3) is 0. The van der Waals surface area contributed by atoms with Gasteiger partial charge < -0.3 is 5.14 Å². The van der Waals surface area contributed by atoms with Crippen LogP contribution in [-0.2, 0) is 10.2 Å². The van der Waals surface area contributed by atoms with Crippen LogP contribution >= 0.6 is 0 Å². The maximum absolute atomic E-state index is 9.08. The molecular formula is H3N2NaO2S. The Kier molecular flexibility index (Phi) is 4.91. The molecule has 0 aromatic heterocycles. The molecule has 0 amide bonds. The summed E-state index contributed by atoms with van der Waals surface area (Å²) in [5.41, 5.74) is 0. The van der Waals surface area contributed by atoms with E-state index < -0.39 is 10.2 Å². The Morgan fingerprint density at radius 1 is 1.50 bits per heavy atom. The zero-order valence-electron chi connectivity index (χ0n) is 3.30. The first-order valence-electron chi connectivity index (χ1n) is 0.773. The molecule has 4 nitrogen and oxygen atoms in total. The van der Waals surface area contributed by atoms with Crippen molar-refractivity contribution in [2.24, 2.45) is 5.14 Å². The van der Waals surface area contributed by atoms with Crippen molar-refractivity contribution in [3.8, 4) is 0 Å². The van der Waals surface area contributed by atoms with Crippen molar-refractivity contribution >= 4 is 10.2 Å². The van der Waals surface area contributed by atoms with E-state index in [0.717, 1.165) is 0 Å². The molecule has 0 heterocycles. The van der Waals surface area contributed by atoms with Gasteiger partial charge in [-0.05, 0) is 0 Å². The quantitative estimate of drug-likeness (QED) is 0.331. The molecule has 0 aliphatic heterocycles. The normalized spacial score (nSPS) is 9.67. The van der Waals surface area contributed by atoms with Crippen molar-refractivity contribution in [2.75, 3.05) is 0 Å². The summed E-state index contributed by atoms with van der Waals surface area (Å²) in [5, 5.41) is 9.68. The van der Waals surface area contributed by atoms with Gasteiger partial charge in [0.25, 0.3) is 0 Å². The second-order valence-corrected chi connectivity index (χ2v) is 1.64. The van der Waals surface area contributed by atoms with Crippen LogP contribution in [0.5, 0.6) is 0 Å².